The summed E-state index contributed by atoms with van der Waals surface area (Å²) in [6, 6.07) is 5.03. The molecule has 6 heteroatoms. The van der Waals surface area contributed by atoms with E-state index in [9.17, 15) is 4.79 Å². The Balaban J connectivity index is 2.39. The molecule has 0 bridgehead atoms. The summed E-state index contributed by atoms with van der Waals surface area (Å²) in [5, 5.41) is 3.98. The van der Waals surface area contributed by atoms with Crippen molar-refractivity contribution in [3.05, 3.63) is 36.4 Å². The summed E-state index contributed by atoms with van der Waals surface area (Å²) in [6.45, 7) is 2.06. The van der Waals surface area contributed by atoms with Gasteiger partial charge >= 0.3 is 5.97 Å². The lowest BCUT2D eigenvalue weighted by molar-refractivity contribution is 0.0527. The number of anilines is 1. The number of hydrogen-bond donors (Lipinski definition) is 1. The van der Waals surface area contributed by atoms with Crippen LogP contribution < -0.4 is 5.73 Å². The van der Waals surface area contributed by atoms with E-state index in [1.807, 2.05) is 0 Å². The van der Waals surface area contributed by atoms with Gasteiger partial charge in [-0.1, -0.05) is 0 Å². The van der Waals surface area contributed by atoms with Gasteiger partial charge in [-0.25, -0.2) is 14.5 Å². The van der Waals surface area contributed by atoms with E-state index < -0.39 is 5.97 Å². The molecule has 0 radical (unpaired) electrons. The monoisotopic (exact) mass is 232 g/mol. The van der Waals surface area contributed by atoms with Crippen molar-refractivity contribution in [3.63, 3.8) is 0 Å². The summed E-state index contributed by atoms with van der Waals surface area (Å²) >= 11 is 0. The topological polar surface area (TPSA) is 83.0 Å². The molecule has 2 rings (SSSR count). The highest BCUT2D eigenvalue weighted by Crippen LogP contribution is 2.17. The van der Waals surface area contributed by atoms with Crippen molar-refractivity contribution in [2.75, 3.05) is 12.3 Å². The van der Waals surface area contributed by atoms with Gasteiger partial charge in [0.2, 0.25) is 0 Å². The van der Waals surface area contributed by atoms with E-state index in [-0.39, 0.29) is 0 Å². The number of benzene rings is 1. The first-order valence-electron chi connectivity index (χ1n) is 5.14. The standard InChI is InChI=1S/C11H12N4O2/c1-2-17-11(16)9-5-8(3-4-10(9)12)15-7-13-6-14-15/h3-7H,2,12H2,1H3. The van der Waals surface area contributed by atoms with Crippen molar-refractivity contribution in [1.29, 1.82) is 0 Å². The van der Waals surface area contributed by atoms with Gasteiger partial charge < -0.3 is 10.5 Å². The van der Waals surface area contributed by atoms with Crippen LogP contribution in [0.2, 0.25) is 0 Å². The molecule has 1 aromatic carbocycles. The van der Waals surface area contributed by atoms with Crippen LogP contribution >= 0.6 is 0 Å². The van der Waals surface area contributed by atoms with Crippen molar-refractivity contribution in [1.82, 2.24) is 14.8 Å². The number of nitrogen functional groups attached to an aromatic ring is 1. The molecule has 1 aromatic heterocycles. The highest BCUT2D eigenvalue weighted by atomic mass is 16.5. The summed E-state index contributed by atoms with van der Waals surface area (Å²) < 4.78 is 6.46. The van der Waals surface area contributed by atoms with E-state index in [0.717, 1.165) is 0 Å². The van der Waals surface area contributed by atoms with E-state index in [1.165, 1.54) is 6.33 Å². The number of carbonyl (C=O) groups excluding carboxylic acids is 1. The molecular formula is C11H12N4O2. The van der Waals surface area contributed by atoms with Crippen LogP contribution in [0.3, 0.4) is 0 Å². The first-order chi connectivity index (χ1) is 8.22. The molecule has 1 heterocycles. The number of hydrogen-bond acceptors (Lipinski definition) is 5. The Hall–Kier alpha value is -2.37. The van der Waals surface area contributed by atoms with Crippen LogP contribution in [-0.4, -0.2) is 27.3 Å². The zero-order chi connectivity index (χ0) is 12.3. The quantitative estimate of drug-likeness (QED) is 0.631. The highest BCUT2D eigenvalue weighted by molar-refractivity contribution is 5.95. The van der Waals surface area contributed by atoms with Gasteiger partial charge in [0, 0.05) is 5.69 Å². The Morgan fingerprint density at radius 2 is 2.35 bits per heavy atom. The first kappa shape index (κ1) is 11.1. The van der Waals surface area contributed by atoms with Gasteiger partial charge in [-0.15, -0.1) is 0 Å². The summed E-state index contributed by atoms with van der Waals surface area (Å²) in [6.07, 6.45) is 2.96. The maximum Gasteiger partial charge on any atom is 0.340 e. The molecule has 0 aliphatic carbocycles. The molecular weight excluding hydrogens is 220 g/mol. The predicted molar refractivity (Wildman–Crippen MR) is 61.7 cm³/mol. The Morgan fingerprint density at radius 1 is 1.53 bits per heavy atom. The molecule has 0 aliphatic heterocycles. The molecule has 0 atom stereocenters. The van der Waals surface area contributed by atoms with E-state index in [1.54, 1.807) is 36.1 Å². The molecule has 0 amide bonds. The van der Waals surface area contributed by atoms with Crippen LogP contribution in [-0.2, 0) is 4.74 Å². The van der Waals surface area contributed by atoms with E-state index in [0.29, 0.717) is 23.5 Å². The van der Waals surface area contributed by atoms with Gasteiger partial charge in [0.1, 0.15) is 12.7 Å². The third kappa shape index (κ3) is 2.25. The number of esters is 1. The smallest absolute Gasteiger partial charge is 0.340 e. The second-order valence-electron chi connectivity index (χ2n) is 3.33. The largest absolute Gasteiger partial charge is 0.462 e. The summed E-state index contributed by atoms with van der Waals surface area (Å²) in [4.78, 5) is 15.5. The molecule has 6 nitrogen and oxygen atoms in total. The summed E-state index contributed by atoms with van der Waals surface area (Å²) in [5.41, 5.74) is 7.15. The minimum absolute atomic E-state index is 0.311. The van der Waals surface area contributed by atoms with E-state index in [4.69, 9.17) is 10.5 Å². The SMILES string of the molecule is CCOC(=O)c1cc(-n2cncn2)ccc1N. The molecule has 0 saturated heterocycles. The van der Waals surface area contributed by atoms with Gasteiger partial charge in [-0.3, -0.25) is 0 Å². The van der Waals surface area contributed by atoms with Crippen LogP contribution in [0.25, 0.3) is 5.69 Å². The zero-order valence-corrected chi connectivity index (χ0v) is 9.33. The van der Waals surface area contributed by atoms with Gasteiger partial charge in [0.05, 0.1) is 17.9 Å². The molecule has 17 heavy (non-hydrogen) atoms. The molecule has 0 fully saturated rings. The third-order valence-corrected chi connectivity index (χ3v) is 2.22. The number of nitrogens with two attached hydrogens (primary N) is 1. The van der Waals surface area contributed by atoms with Crippen molar-refractivity contribution in [2.24, 2.45) is 0 Å². The van der Waals surface area contributed by atoms with Crippen molar-refractivity contribution < 1.29 is 9.53 Å². The molecule has 0 saturated carbocycles. The molecule has 2 aromatic rings. The molecule has 0 spiro atoms. The summed E-state index contributed by atoms with van der Waals surface area (Å²) in [5.74, 6) is -0.438. The molecule has 0 aliphatic rings. The number of ether oxygens (including phenoxy) is 1. The average Bonchev–Trinajstić information content (AvgIpc) is 2.83. The molecule has 2 N–H and O–H groups in total. The average molecular weight is 232 g/mol. The lowest BCUT2D eigenvalue weighted by Gasteiger charge is -2.07. The fourth-order valence-corrected chi connectivity index (χ4v) is 1.41. The van der Waals surface area contributed by atoms with Gasteiger partial charge in [0.15, 0.2) is 0 Å². The van der Waals surface area contributed by atoms with Crippen molar-refractivity contribution in [3.8, 4) is 5.69 Å². The van der Waals surface area contributed by atoms with Crippen molar-refractivity contribution in [2.45, 2.75) is 6.92 Å². The minimum atomic E-state index is -0.438. The predicted octanol–water partition coefficient (Wildman–Crippen LogP) is 1.03. The molecule has 0 unspecified atom stereocenters. The van der Waals surface area contributed by atoms with Crippen molar-refractivity contribution >= 4 is 11.7 Å². The van der Waals surface area contributed by atoms with Crippen LogP contribution in [0.1, 0.15) is 17.3 Å². The van der Waals surface area contributed by atoms with Gasteiger partial charge in [-0.05, 0) is 25.1 Å². The Bertz CT molecular complexity index is 522. The first-order valence-corrected chi connectivity index (χ1v) is 5.14. The minimum Gasteiger partial charge on any atom is -0.462 e. The van der Waals surface area contributed by atoms with Gasteiger partial charge in [-0.2, -0.15) is 5.10 Å². The maximum absolute atomic E-state index is 11.6. The number of carbonyl (C=O) groups is 1. The Morgan fingerprint density at radius 3 is 3.00 bits per heavy atom. The third-order valence-electron chi connectivity index (χ3n) is 2.22. The van der Waals surface area contributed by atoms with Crippen LogP contribution in [0.5, 0.6) is 0 Å². The summed E-state index contributed by atoms with van der Waals surface area (Å²) in [7, 11) is 0. The Labute approximate surface area is 98.0 Å². The maximum atomic E-state index is 11.6. The second kappa shape index (κ2) is 4.65. The number of nitrogens with zero attached hydrogens (tertiary/aromatic N) is 3. The fourth-order valence-electron chi connectivity index (χ4n) is 1.41. The normalized spacial score (nSPS) is 10.2. The van der Waals surface area contributed by atoms with Crippen LogP contribution in [0, 0.1) is 0 Å². The lowest BCUT2D eigenvalue weighted by atomic mass is 10.1. The molecule has 88 valence electrons. The second-order valence-corrected chi connectivity index (χ2v) is 3.33. The van der Waals surface area contributed by atoms with E-state index >= 15 is 0 Å². The van der Waals surface area contributed by atoms with Crippen LogP contribution in [0.15, 0.2) is 30.9 Å². The Kier molecular flexibility index (Phi) is 3.04. The fraction of sp³-hybridized carbons (Fsp3) is 0.182. The number of aromatic nitrogens is 3. The van der Waals surface area contributed by atoms with E-state index in [2.05, 4.69) is 10.1 Å². The zero-order valence-electron chi connectivity index (χ0n) is 9.33. The van der Waals surface area contributed by atoms with Gasteiger partial charge in [0.25, 0.3) is 0 Å². The highest BCUT2D eigenvalue weighted by Gasteiger charge is 2.12. The van der Waals surface area contributed by atoms with Crippen LogP contribution in [0.4, 0.5) is 5.69 Å². The number of rotatable bonds is 3. The lowest BCUT2D eigenvalue weighted by Crippen LogP contribution is -2.09.